The van der Waals surface area contributed by atoms with E-state index in [1.165, 1.54) is 0 Å². The quantitative estimate of drug-likeness (QED) is 0.819. The molecule has 1 aliphatic heterocycles. The summed E-state index contributed by atoms with van der Waals surface area (Å²) in [6, 6.07) is 0. The first-order chi connectivity index (χ1) is 8.58. The van der Waals surface area contributed by atoms with Crippen LogP contribution >= 0.6 is 0 Å². The van der Waals surface area contributed by atoms with Crippen LogP contribution in [-0.4, -0.2) is 54.2 Å². The summed E-state index contributed by atoms with van der Waals surface area (Å²) in [6.45, 7) is 6.79. The van der Waals surface area contributed by atoms with Gasteiger partial charge in [-0.05, 0) is 25.7 Å². The van der Waals surface area contributed by atoms with Gasteiger partial charge in [0, 0.05) is 32.0 Å². The summed E-state index contributed by atoms with van der Waals surface area (Å²) in [5.74, 6) is 1.28. The molecule has 2 rings (SSSR count). The van der Waals surface area contributed by atoms with Crippen LogP contribution in [0.25, 0.3) is 0 Å². The average Bonchev–Trinajstić information content (AvgIpc) is 2.33. The van der Waals surface area contributed by atoms with Crippen molar-refractivity contribution in [2.75, 3.05) is 26.2 Å². The van der Waals surface area contributed by atoms with E-state index in [0.717, 1.165) is 38.9 Å². The Hall–Kier alpha value is -0.450. The Balaban J connectivity index is 1.89. The zero-order chi connectivity index (χ0) is 13.1. The van der Waals surface area contributed by atoms with Gasteiger partial charge in [0.1, 0.15) is 5.78 Å². The highest BCUT2D eigenvalue weighted by Gasteiger charge is 2.31. The molecule has 1 saturated heterocycles. The van der Waals surface area contributed by atoms with Gasteiger partial charge in [-0.15, -0.1) is 0 Å². The summed E-state index contributed by atoms with van der Waals surface area (Å²) < 4.78 is 5.63. The van der Waals surface area contributed by atoms with E-state index in [4.69, 9.17) is 4.74 Å². The van der Waals surface area contributed by atoms with Crippen LogP contribution < -0.4 is 0 Å². The van der Waals surface area contributed by atoms with E-state index in [-0.39, 0.29) is 24.7 Å². The second-order valence-corrected chi connectivity index (χ2v) is 6.01. The fourth-order valence-electron chi connectivity index (χ4n) is 3.21. The predicted molar refractivity (Wildman–Crippen MR) is 69.4 cm³/mol. The number of rotatable bonds is 3. The lowest BCUT2D eigenvalue weighted by Crippen LogP contribution is -2.50. The van der Waals surface area contributed by atoms with E-state index in [0.29, 0.717) is 11.7 Å². The van der Waals surface area contributed by atoms with Gasteiger partial charge in [0.25, 0.3) is 0 Å². The van der Waals surface area contributed by atoms with Crippen molar-refractivity contribution in [1.82, 2.24) is 4.90 Å². The van der Waals surface area contributed by atoms with Crippen LogP contribution in [0.4, 0.5) is 0 Å². The first-order valence-electron chi connectivity index (χ1n) is 7.10. The molecule has 0 radical (unpaired) electrons. The Morgan fingerprint density at radius 3 is 2.89 bits per heavy atom. The van der Waals surface area contributed by atoms with E-state index >= 15 is 0 Å². The van der Waals surface area contributed by atoms with Crippen LogP contribution in [-0.2, 0) is 9.53 Å². The minimum atomic E-state index is -0.0927. The van der Waals surface area contributed by atoms with Crippen LogP contribution in [0.5, 0.6) is 0 Å². The molecule has 0 aromatic rings. The molecule has 1 heterocycles. The molecule has 0 aromatic heterocycles. The summed E-state index contributed by atoms with van der Waals surface area (Å²) in [5.41, 5.74) is 0. The third-order valence-corrected chi connectivity index (χ3v) is 4.11. The summed E-state index contributed by atoms with van der Waals surface area (Å²) in [4.78, 5) is 14.2. The monoisotopic (exact) mass is 255 g/mol. The van der Waals surface area contributed by atoms with E-state index in [9.17, 15) is 9.90 Å². The third kappa shape index (κ3) is 3.53. The molecule has 0 spiro atoms. The summed E-state index contributed by atoms with van der Waals surface area (Å²) in [7, 11) is 0. The Morgan fingerprint density at radius 2 is 2.17 bits per heavy atom. The number of Topliss-reactive ketones (excluding diaryl/α,β-unsaturated/α-hetero) is 1. The molecule has 1 N–H and O–H groups in total. The second kappa shape index (κ2) is 6.13. The Morgan fingerprint density at radius 1 is 1.39 bits per heavy atom. The van der Waals surface area contributed by atoms with Gasteiger partial charge in [-0.25, -0.2) is 0 Å². The van der Waals surface area contributed by atoms with Crippen molar-refractivity contribution >= 4 is 5.78 Å². The predicted octanol–water partition coefficient (Wildman–Crippen LogP) is 1.07. The lowest BCUT2D eigenvalue weighted by Gasteiger charge is -2.38. The van der Waals surface area contributed by atoms with Gasteiger partial charge in [0.15, 0.2) is 0 Å². The van der Waals surface area contributed by atoms with E-state index in [1.54, 1.807) is 0 Å². The normalized spacial score (nSPS) is 38.9. The largest absolute Gasteiger partial charge is 0.394 e. The third-order valence-electron chi connectivity index (χ3n) is 4.11. The van der Waals surface area contributed by atoms with Gasteiger partial charge in [0.05, 0.1) is 18.8 Å². The van der Waals surface area contributed by atoms with Crippen LogP contribution in [0.15, 0.2) is 0 Å². The maximum atomic E-state index is 11.9. The average molecular weight is 255 g/mol. The molecule has 18 heavy (non-hydrogen) atoms. The number of aliphatic hydroxyl groups excluding tert-OH is 1. The molecule has 4 nitrogen and oxygen atoms in total. The summed E-state index contributed by atoms with van der Waals surface area (Å²) in [5, 5.41) is 9.21. The molecule has 0 aromatic carbocycles. The van der Waals surface area contributed by atoms with Crippen LogP contribution in [0.2, 0.25) is 0 Å². The minimum absolute atomic E-state index is 0.0653. The highest BCUT2D eigenvalue weighted by molar-refractivity contribution is 5.81. The number of aliphatic hydroxyl groups is 1. The lowest BCUT2D eigenvalue weighted by atomic mass is 9.81. The molecule has 0 bridgehead atoms. The molecule has 1 saturated carbocycles. The van der Waals surface area contributed by atoms with E-state index < -0.39 is 0 Å². The van der Waals surface area contributed by atoms with Gasteiger partial charge >= 0.3 is 0 Å². The van der Waals surface area contributed by atoms with Crippen molar-refractivity contribution in [3.05, 3.63) is 0 Å². The number of carbonyl (C=O) groups is 1. The highest BCUT2D eigenvalue weighted by atomic mass is 16.5. The molecule has 104 valence electrons. The van der Waals surface area contributed by atoms with Crippen molar-refractivity contribution in [2.24, 2.45) is 11.8 Å². The molecule has 4 atom stereocenters. The summed E-state index contributed by atoms with van der Waals surface area (Å²) >= 11 is 0. The molecule has 4 heteroatoms. The standard InChI is InChI=1S/C14H25NO3/c1-10-3-4-14(17)12(5-10)7-15-6-11(2)18-13(8-15)9-16/h10-13,16H,3-9H2,1-2H3. The first kappa shape index (κ1) is 14.0. The van der Waals surface area contributed by atoms with Crippen molar-refractivity contribution in [2.45, 2.75) is 45.3 Å². The number of morpholine rings is 1. The Labute approximate surface area is 109 Å². The number of hydrogen-bond acceptors (Lipinski definition) is 4. The fourth-order valence-corrected chi connectivity index (χ4v) is 3.21. The van der Waals surface area contributed by atoms with Crippen LogP contribution in [0.1, 0.15) is 33.1 Å². The van der Waals surface area contributed by atoms with Crippen molar-refractivity contribution in [3.8, 4) is 0 Å². The maximum Gasteiger partial charge on any atom is 0.137 e. The first-order valence-corrected chi connectivity index (χ1v) is 7.10. The van der Waals surface area contributed by atoms with E-state index in [1.807, 2.05) is 6.92 Å². The highest BCUT2D eigenvalue weighted by Crippen LogP contribution is 2.27. The maximum absolute atomic E-state index is 11.9. The van der Waals surface area contributed by atoms with Crippen molar-refractivity contribution in [3.63, 3.8) is 0 Å². The Bertz CT molecular complexity index is 295. The zero-order valence-electron chi connectivity index (χ0n) is 11.5. The number of ether oxygens (including phenoxy) is 1. The molecule has 4 unspecified atom stereocenters. The Kier molecular flexibility index (Phi) is 4.76. The number of ketones is 1. The molecular formula is C14H25NO3. The topological polar surface area (TPSA) is 49.8 Å². The van der Waals surface area contributed by atoms with Crippen molar-refractivity contribution < 1.29 is 14.6 Å². The second-order valence-electron chi connectivity index (χ2n) is 6.01. The van der Waals surface area contributed by atoms with Crippen LogP contribution in [0, 0.1) is 11.8 Å². The fraction of sp³-hybridized carbons (Fsp3) is 0.929. The van der Waals surface area contributed by atoms with Crippen LogP contribution in [0.3, 0.4) is 0 Å². The molecule has 0 amide bonds. The summed E-state index contributed by atoms with van der Waals surface area (Å²) in [6.07, 6.45) is 2.87. The number of nitrogens with zero attached hydrogens (tertiary/aromatic N) is 1. The van der Waals surface area contributed by atoms with Gasteiger partial charge < -0.3 is 9.84 Å². The minimum Gasteiger partial charge on any atom is -0.394 e. The lowest BCUT2D eigenvalue weighted by molar-refractivity contribution is -0.129. The molecule has 2 fully saturated rings. The molecule has 1 aliphatic carbocycles. The van der Waals surface area contributed by atoms with E-state index in [2.05, 4.69) is 11.8 Å². The zero-order valence-corrected chi connectivity index (χ0v) is 11.5. The molecule has 2 aliphatic rings. The molecular weight excluding hydrogens is 230 g/mol. The van der Waals surface area contributed by atoms with Crippen molar-refractivity contribution in [1.29, 1.82) is 0 Å². The van der Waals surface area contributed by atoms with Gasteiger partial charge in [-0.1, -0.05) is 6.92 Å². The number of carbonyl (C=O) groups excluding carboxylic acids is 1. The van der Waals surface area contributed by atoms with Gasteiger partial charge in [0.2, 0.25) is 0 Å². The number of hydrogen-bond donors (Lipinski definition) is 1. The SMILES string of the molecule is CC1CCC(=O)C(CN2CC(C)OC(CO)C2)C1. The smallest absolute Gasteiger partial charge is 0.137 e. The van der Waals surface area contributed by atoms with Gasteiger partial charge in [-0.3, -0.25) is 9.69 Å². The van der Waals surface area contributed by atoms with Gasteiger partial charge in [-0.2, -0.15) is 0 Å².